The second kappa shape index (κ2) is 4.66. The highest BCUT2D eigenvalue weighted by Crippen LogP contribution is 2.64. The van der Waals surface area contributed by atoms with Crippen molar-refractivity contribution in [1.29, 1.82) is 0 Å². The minimum atomic E-state index is -0.174. The molecular weight excluding hydrogens is 276 g/mol. The Bertz CT molecular complexity index is 527. The smallest absolute Gasteiger partial charge is 0.137 e. The number of fused-ring (bicyclic) bond motifs is 5. The fourth-order valence-electron chi connectivity index (χ4n) is 6.86. The molecule has 4 fully saturated rings. The summed E-state index contributed by atoms with van der Waals surface area (Å²) in [5.74, 6) is 2.25. The molecule has 0 aliphatic heterocycles. The van der Waals surface area contributed by atoms with Crippen molar-refractivity contribution >= 4 is 11.6 Å². The molecule has 4 rings (SSSR count). The van der Waals surface area contributed by atoms with Crippen LogP contribution in [0.1, 0.15) is 65.2 Å². The molecule has 3 heteroatoms. The van der Waals surface area contributed by atoms with E-state index in [1.165, 1.54) is 0 Å². The average Bonchev–Trinajstić information content (AvgIpc) is 2.73. The molecule has 0 bridgehead atoms. The minimum absolute atomic E-state index is 0.0617. The van der Waals surface area contributed by atoms with Crippen LogP contribution < -0.4 is 0 Å². The quantitative estimate of drug-likeness (QED) is 0.748. The van der Waals surface area contributed by atoms with E-state index in [4.69, 9.17) is 0 Å². The van der Waals surface area contributed by atoms with E-state index >= 15 is 0 Å². The van der Waals surface area contributed by atoms with E-state index in [2.05, 4.69) is 13.8 Å². The van der Waals surface area contributed by atoms with E-state index in [9.17, 15) is 14.7 Å². The maximum Gasteiger partial charge on any atom is 0.137 e. The topological polar surface area (TPSA) is 54.4 Å². The van der Waals surface area contributed by atoms with Crippen molar-refractivity contribution in [2.24, 2.45) is 34.5 Å². The van der Waals surface area contributed by atoms with Gasteiger partial charge in [0, 0.05) is 25.2 Å². The van der Waals surface area contributed by atoms with E-state index in [0.29, 0.717) is 48.6 Å². The third-order valence-corrected chi connectivity index (χ3v) is 7.88. The molecule has 4 aliphatic carbocycles. The summed E-state index contributed by atoms with van der Waals surface area (Å²) in [6, 6.07) is 0. The average molecular weight is 304 g/mol. The number of carbonyl (C=O) groups excluding carboxylic acids is 2. The van der Waals surface area contributed by atoms with Crippen LogP contribution in [0.4, 0.5) is 0 Å². The van der Waals surface area contributed by atoms with Crippen LogP contribution in [0.25, 0.3) is 0 Å². The number of ketones is 2. The molecule has 0 aromatic heterocycles. The van der Waals surface area contributed by atoms with Gasteiger partial charge in [-0.2, -0.15) is 0 Å². The summed E-state index contributed by atoms with van der Waals surface area (Å²) in [4.78, 5) is 25.1. The largest absolute Gasteiger partial charge is 0.393 e. The number of Topliss-reactive ketones (excluding diaryl/α,β-unsaturated/α-hetero) is 2. The Hall–Kier alpha value is -0.700. The van der Waals surface area contributed by atoms with Crippen molar-refractivity contribution in [1.82, 2.24) is 0 Å². The standard InChI is InChI=1S/C19H28O3/c1-18-9-13(21)8-15(18)14-4-3-11-7-12(20)5-6-19(11,2)17(14)16(22)10-18/h11-12,14-15,17,20H,3-10H2,1-2H3. The van der Waals surface area contributed by atoms with Crippen molar-refractivity contribution < 1.29 is 14.7 Å². The van der Waals surface area contributed by atoms with Crippen LogP contribution in [0, 0.1) is 34.5 Å². The first-order valence-corrected chi connectivity index (χ1v) is 9.06. The summed E-state index contributed by atoms with van der Waals surface area (Å²) in [5.41, 5.74) is -0.00108. The van der Waals surface area contributed by atoms with Gasteiger partial charge in [-0.1, -0.05) is 13.8 Å². The molecule has 7 atom stereocenters. The number of hydrogen-bond donors (Lipinski definition) is 1. The molecule has 1 N–H and O–H groups in total. The third-order valence-electron chi connectivity index (χ3n) is 7.88. The first-order chi connectivity index (χ1) is 10.3. The van der Waals surface area contributed by atoms with Gasteiger partial charge in [-0.25, -0.2) is 0 Å². The highest BCUT2D eigenvalue weighted by Gasteiger charge is 2.62. The molecule has 7 unspecified atom stereocenters. The lowest BCUT2D eigenvalue weighted by Gasteiger charge is -2.59. The summed E-state index contributed by atoms with van der Waals surface area (Å²) in [7, 11) is 0. The fraction of sp³-hybridized carbons (Fsp3) is 0.895. The molecule has 4 aliphatic rings. The lowest BCUT2D eigenvalue weighted by Crippen LogP contribution is -2.56. The Morgan fingerprint density at radius 3 is 2.64 bits per heavy atom. The maximum atomic E-state index is 13.1. The molecule has 0 aromatic carbocycles. The highest BCUT2D eigenvalue weighted by atomic mass is 16.3. The van der Waals surface area contributed by atoms with Gasteiger partial charge in [0.15, 0.2) is 0 Å². The molecule has 122 valence electrons. The Labute approximate surface area is 132 Å². The van der Waals surface area contributed by atoms with Gasteiger partial charge in [0.25, 0.3) is 0 Å². The van der Waals surface area contributed by atoms with Crippen LogP contribution in [0.5, 0.6) is 0 Å². The van der Waals surface area contributed by atoms with Crippen LogP contribution >= 0.6 is 0 Å². The van der Waals surface area contributed by atoms with Crippen LogP contribution in [0.3, 0.4) is 0 Å². The van der Waals surface area contributed by atoms with Crippen LogP contribution in [0.15, 0.2) is 0 Å². The Morgan fingerprint density at radius 2 is 1.86 bits per heavy atom. The van der Waals surface area contributed by atoms with Gasteiger partial charge in [-0.3, -0.25) is 9.59 Å². The van der Waals surface area contributed by atoms with Gasteiger partial charge in [0.1, 0.15) is 11.6 Å². The van der Waals surface area contributed by atoms with Crippen molar-refractivity contribution in [3.8, 4) is 0 Å². The minimum Gasteiger partial charge on any atom is -0.393 e. The first kappa shape index (κ1) is 14.9. The predicted octanol–water partition coefficient (Wildman–Crippen LogP) is 3.14. The van der Waals surface area contributed by atoms with E-state index in [0.717, 1.165) is 32.1 Å². The summed E-state index contributed by atoms with van der Waals surface area (Å²) in [5, 5.41) is 10.0. The van der Waals surface area contributed by atoms with Crippen LogP contribution in [0.2, 0.25) is 0 Å². The predicted molar refractivity (Wildman–Crippen MR) is 83.1 cm³/mol. The molecule has 0 aromatic rings. The van der Waals surface area contributed by atoms with Gasteiger partial charge in [0.2, 0.25) is 0 Å². The normalized spacial score (nSPS) is 54.6. The number of rotatable bonds is 0. The molecule has 0 radical (unpaired) electrons. The van der Waals surface area contributed by atoms with E-state index in [1.807, 2.05) is 0 Å². The molecule has 0 saturated heterocycles. The van der Waals surface area contributed by atoms with E-state index in [-0.39, 0.29) is 22.9 Å². The highest BCUT2D eigenvalue weighted by molar-refractivity contribution is 5.89. The molecular formula is C19H28O3. The number of aliphatic hydroxyl groups excluding tert-OH is 1. The van der Waals surface area contributed by atoms with Crippen LogP contribution in [-0.2, 0) is 9.59 Å². The SMILES string of the molecule is CC12CC(=O)CC1C1CCC3CC(O)CCC3(C)C1C(=O)C2. The van der Waals surface area contributed by atoms with Gasteiger partial charge in [-0.05, 0) is 60.7 Å². The van der Waals surface area contributed by atoms with E-state index < -0.39 is 0 Å². The molecule has 4 saturated carbocycles. The zero-order valence-electron chi connectivity index (χ0n) is 13.8. The van der Waals surface area contributed by atoms with Crippen LogP contribution in [-0.4, -0.2) is 22.8 Å². The lowest BCUT2D eigenvalue weighted by molar-refractivity contribution is -0.159. The maximum absolute atomic E-state index is 13.1. The second-order valence-electron chi connectivity index (χ2n) is 9.17. The second-order valence-corrected chi connectivity index (χ2v) is 9.17. The van der Waals surface area contributed by atoms with Gasteiger partial charge in [0.05, 0.1) is 6.10 Å². The Balaban J connectivity index is 1.70. The number of aliphatic hydroxyl groups is 1. The van der Waals surface area contributed by atoms with E-state index in [1.54, 1.807) is 0 Å². The monoisotopic (exact) mass is 304 g/mol. The van der Waals surface area contributed by atoms with Gasteiger partial charge >= 0.3 is 0 Å². The van der Waals surface area contributed by atoms with Gasteiger partial charge in [-0.15, -0.1) is 0 Å². The summed E-state index contributed by atoms with van der Waals surface area (Å²) in [6.45, 7) is 4.48. The molecule has 0 amide bonds. The Morgan fingerprint density at radius 1 is 1.09 bits per heavy atom. The third kappa shape index (κ3) is 1.90. The van der Waals surface area contributed by atoms with Crippen molar-refractivity contribution in [2.45, 2.75) is 71.3 Å². The zero-order chi connectivity index (χ0) is 15.7. The zero-order valence-corrected chi connectivity index (χ0v) is 13.8. The van der Waals surface area contributed by atoms with Crippen molar-refractivity contribution in [3.05, 3.63) is 0 Å². The summed E-state index contributed by atoms with van der Waals surface area (Å²) < 4.78 is 0. The number of carbonyl (C=O) groups is 2. The van der Waals surface area contributed by atoms with Gasteiger partial charge < -0.3 is 5.11 Å². The summed E-state index contributed by atoms with van der Waals surface area (Å²) >= 11 is 0. The molecule has 0 spiro atoms. The fourth-order valence-corrected chi connectivity index (χ4v) is 6.86. The number of hydrogen-bond acceptors (Lipinski definition) is 3. The molecule has 3 nitrogen and oxygen atoms in total. The Kier molecular flexibility index (Phi) is 3.15. The lowest BCUT2D eigenvalue weighted by atomic mass is 9.45. The van der Waals surface area contributed by atoms with Crippen molar-refractivity contribution in [2.75, 3.05) is 0 Å². The molecule has 0 heterocycles. The molecule has 22 heavy (non-hydrogen) atoms. The first-order valence-electron chi connectivity index (χ1n) is 9.06. The van der Waals surface area contributed by atoms with Crippen molar-refractivity contribution in [3.63, 3.8) is 0 Å². The summed E-state index contributed by atoms with van der Waals surface area (Å²) in [6.07, 6.45) is 6.64.